The van der Waals surface area contributed by atoms with Crippen LogP contribution in [0.25, 0.3) is 0 Å². The number of oxime groups is 1. The Balaban J connectivity index is 2.27. The molecule has 1 aliphatic rings. The molecule has 0 amide bonds. The molecule has 14 heavy (non-hydrogen) atoms. The molecule has 0 bridgehead atoms. The van der Waals surface area contributed by atoms with E-state index in [0.29, 0.717) is 24.6 Å². The molecular formula is C8H13ClN2O3. The van der Waals surface area contributed by atoms with Gasteiger partial charge in [0.2, 0.25) is 0 Å². The molecule has 1 rings (SSSR count). The van der Waals surface area contributed by atoms with Crippen molar-refractivity contribution in [2.45, 2.75) is 31.9 Å². The SMILES string of the molecule is CCOC(=O)[C@H](N)CC1CC(Cl)=NO1. The summed E-state index contributed by atoms with van der Waals surface area (Å²) in [7, 11) is 0. The molecule has 0 aliphatic carbocycles. The Morgan fingerprint density at radius 2 is 2.64 bits per heavy atom. The fraction of sp³-hybridized carbons (Fsp3) is 0.750. The van der Waals surface area contributed by atoms with E-state index in [-0.39, 0.29) is 6.10 Å². The summed E-state index contributed by atoms with van der Waals surface area (Å²) >= 11 is 5.60. The fourth-order valence-corrected chi connectivity index (χ4v) is 1.36. The standard InChI is InChI=1S/C8H13ClN2O3/c1-2-13-8(12)6(10)3-5-4-7(9)11-14-5/h5-6H,2-4,10H2,1H3/t5?,6-/m1/s1. The summed E-state index contributed by atoms with van der Waals surface area (Å²) in [5.41, 5.74) is 5.58. The lowest BCUT2D eigenvalue weighted by Gasteiger charge is -2.13. The summed E-state index contributed by atoms with van der Waals surface area (Å²) in [5.74, 6) is -0.417. The molecule has 2 atom stereocenters. The molecular weight excluding hydrogens is 208 g/mol. The predicted octanol–water partition coefficient (Wildman–Crippen LogP) is 0.608. The molecule has 0 radical (unpaired) electrons. The van der Waals surface area contributed by atoms with Gasteiger partial charge in [0.05, 0.1) is 6.61 Å². The largest absolute Gasteiger partial charge is 0.465 e. The normalized spacial score (nSPS) is 22.5. The van der Waals surface area contributed by atoms with E-state index in [1.807, 2.05) is 0 Å². The third-order valence-electron chi connectivity index (χ3n) is 1.80. The minimum absolute atomic E-state index is 0.207. The maximum Gasteiger partial charge on any atom is 0.323 e. The van der Waals surface area contributed by atoms with Crippen LogP contribution in [0.15, 0.2) is 5.16 Å². The Hall–Kier alpha value is -0.810. The number of carbonyl (C=O) groups excluding carboxylic acids is 1. The highest BCUT2D eigenvalue weighted by atomic mass is 35.5. The van der Waals surface area contributed by atoms with Gasteiger partial charge >= 0.3 is 5.97 Å². The molecule has 0 fully saturated rings. The Labute approximate surface area is 87.2 Å². The van der Waals surface area contributed by atoms with Gasteiger partial charge in [-0.1, -0.05) is 16.8 Å². The number of carbonyl (C=O) groups is 1. The second-order valence-corrected chi connectivity index (χ2v) is 3.43. The topological polar surface area (TPSA) is 73.9 Å². The van der Waals surface area contributed by atoms with E-state index in [4.69, 9.17) is 26.9 Å². The number of hydrogen-bond donors (Lipinski definition) is 1. The van der Waals surface area contributed by atoms with Crippen molar-refractivity contribution in [3.63, 3.8) is 0 Å². The number of ether oxygens (including phenoxy) is 1. The average molecular weight is 221 g/mol. The van der Waals surface area contributed by atoms with Gasteiger partial charge in [-0.2, -0.15) is 0 Å². The highest BCUT2D eigenvalue weighted by molar-refractivity contribution is 6.65. The van der Waals surface area contributed by atoms with Gasteiger partial charge in [0.25, 0.3) is 0 Å². The lowest BCUT2D eigenvalue weighted by atomic mass is 10.1. The Bertz CT molecular complexity index is 245. The van der Waals surface area contributed by atoms with Crippen LogP contribution >= 0.6 is 11.6 Å². The van der Waals surface area contributed by atoms with Crippen LogP contribution in [0.4, 0.5) is 0 Å². The monoisotopic (exact) mass is 220 g/mol. The summed E-state index contributed by atoms with van der Waals surface area (Å²) < 4.78 is 4.75. The van der Waals surface area contributed by atoms with Crippen molar-refractivity contribution in [2.24, 2.45) is 10.9 Å². The first-order valence-corrected chi connectivity index (χ1v) is 4.81. The molecule has 0 aromatic heterocycles. The summed E-state index contributed by atoms with van der Waals surface area (Å²) in [6.45, 7) is 2.06. The molecule has 1 heterocycles. The van der Waals surface area contributed by atoms with Crippen molar-refractivity contribution < 1.29 is 14.4 Å². The van der Waals surface area contributed by atoms with Gasteiger partial charge in [0, 0.05) is 12.8 Å². The molecule has 0 saturated carbocycles. The molecule has 0 aromatic carbocycles. The Kier molecular flexibility index (Phi) is 4.16. The number of nitrogens with two attached hydrogens (primary N) is 1. The highest BCUT2D eigenvalue weighted by Crippen LogP contribution is 2.17. The first-order valence-electron chi connectivity index (χ1n) is 4.44. The fourth-order valence-electron chi connectivity index (χ4n) is 1.15. The molecule has 1 aliphatic heterocycles. The number of rotatable bonds is 4. The average Bonchev–Trinajstić information content (AvgIpc) is 2.51. The molecule has 6 heteroatoms. The van der Waals surface area contributed by atoms with Crippen molar-refractivity contribution in [1.82, 2.24) is 0 Å². The molecule has 80 valence electrons. The smallest absolute Gasteiger partial charge is 0.323 e. The van der Waals surface area contributed by atoms with Crippen molar-refractivity contribution >= 4 is 22.7 Å². The van der Waals surface area contributed by atoms with Crippen LogP contribution in [0.2, 0.25) is 0 Å². The third kappa shape index (κ3) is 3.16. The van der Waals surface area contributed by atoms with Gasteiger partial charge in [0.15, 0.2) is 0 Å². The second-order valence-electron chi connectivity index (χ2n) is 2.99. The van der Waals surface area contributed by atoms with Gasteiger partial charge < -0.3 is 15.3 Å². The van der Waals surface area contributed by atoms with Gasteiger partial charge in [-0.3, -0.25) is 4.79 Å². The molecule has 1 unspecified atom stereocenters. The quantitative estimate of drug-likeness (QED) is 0.705. The van der Waals surface area contributed by atoms with Crippen LogP contribution in [0.3, 0.4) is 0 Å². The van der Waals surface area contributed by atoms with E-state index in [9.17, 15) is 4.79 Å². The summed E-state index contributed by atoms with van der Waals surface area (Å²) in [4.78, 5) is 16.1. The Morgan fingerprint density at radius 1 is 1.93 bits per heavy atom. The van der Waals surface area contributed by atoms with Crippen LogP contribution in [0, 0.1) is 0 Å². The number of esters is 1. The maximum absolute atomic E-state index is 11.1. The van der Waals surface area contributed by atoms with Crippen LogP contribution in [-0.4, -0.2) is 29.9 Å². The first kappa shape index (κ1) is 11.3. The van der Waals surface area contributed by atoms with Gasteiger partial charge in [0.1, 0.15) is 17.3 Å². The molecule has 0 aromatic rings. The van der Waals surface area contributed by atoms with Crippen LogP contribution in [-0.2, 0) is 14.4 Å². The van der Waals surface area contributed by atoms with E-state index in [1.165, 1.54) is 0 Å². The van der Waals surface area contributed by atoms with E-state index in [2.05, 4.69) is 5.16 Å². The highest BCUT2D eigenvalue weighted by Gasteiger charge is 2.26. The number of hydrogen-bond acceptors (Lipinski definition) is 5. The van der Waals surface area contributed by atoms with Crippen molar-refractivity contribution in [3.8, 4) is 0 Å². The van der Waals surface area contributed by atoms with Crippen molar-refractivity contribution in [1.29, 1.82) is 0 Å². The molecule has 2 N–H and O–H groups in total. The second kappa shape index (κ2) is 5.17. The number of nitrogens with zero attached hydrogens (tertiary/aromatic N) is 1. The van der Waals surface area contributed by atoms with Crippen LogP contribution in [0.1, 0.15) is 19.8 Å². The lowest BCUT2D eigenvalue weighted by molar-refractivity contribution is -0.145. The third-order valence-corrected chi connectivity index (χ3v) is 2.03. The van der Waals surface area contributed by atoms with Crippen LogP contribution in [0.5, 0.6) is 0 Å². The zero-order valence-electron chi connectivity index (χ0n) is 7.90. The zero-order chi connectivity index (χ0) is 10.6. The van der Waals surface area contributed by atoms with Gasteiger partial charge in [-0.25, -0.2) is 0 Å². The van der Waals surface area contributed by atoms with E-state index in [1.54, 1.807) is 6.92 Å². The van der Waals surface area contributed by atoms with E-state index < -0.39 is 12.0 Å². The predicted molar refractivity (Wildman–Crippen MR) is 52.0 cm³/mol. The van der Waals surface area contributed by atoms with Gasteiger partial charge in [-0.15, -0.1) is 0 Å². The van der Waals surface area contributed by atoms with Crippen LogP contribution < -0.4 is 5.73 Å². The Morgan fingerprint density at radius 3 is 3.14 bits per heavy atom. The van der Waals surface area contributed by atoms with Crippen molar-refractivity contribution in [2.75, 3.05) is 6.61 Å². The minimum Gasteiger partial charge on any atom is -0.465 e. The van der Waals surface area contributed by atoms with Gasteiger partial charge in [-0.05, 0) is 6.92 Å². The molecule has 0 saturated heterocycles. The van der Waals surface area contributed by atoms with E-state index in [0.717, 1.165) is 0 Å². The molecule has 5 nitrogen and oxygen atoms in total. The summed E-state index contributed by atoms with van der Waals surface area (Å²) in [6.07, 6.45) is 0.676. The first-order chi connectivity index (χ1) is 6.63. The zero-order valence-corrected chi connectivity index (χ0v) is 8.66. The van der Waals surface area contributed by atoms with E-state index >= 15 is 0 Å². The molecule has 0 spiro atoms. The maximum atomic E-state index is 11.1. The summed E-state index contributed by atoms with van der Waals surface area (Å²) in [5, 5.41) is 3.96. The number of halogens is 1. The van der Waals surface area contributed by atoms with Crippen molar-refractivity contribution in [3.05, 3.63) is 0 Å². The minimum atomic E-state index is -0.669. The lowest BCUT2D eigenvalue weighted by Crippen LogP contribution is -2.35. The summed E-state index contributed by atoms with van der Waals surface area (Å²) in [6, 6.07) is -0.669.